The lowest BCUT2D eigenvalue weighted by atomic mass is 10.2. The average Bonchev–Trinajstić information content (AvgIpc) is 3.25. The zero-order chi connectivity index (χ0) is 16.8. The van der Waals surface area contributed by atoms with Crippen molar-refractivity contribution in [2.75, 3.05) is 0 Å². The van der Waals surface area contributed by atoms with Gasteiger partial charge in [0.1, 0.15) is 17.1 Å². The van der Waals surface area contributed by atoms with Gasteiger partial charge in [-0.3, -0.25) is 0 Å². The van der Waals surface area contributed by atoms with E-state index < -0.39 is 0 Å². The van der Waals surface area contributed by atoms with Gasteiger partial charge in [0.2, 0.25) is 0 Å². The molecule has 6 heteroatoms. The van der Waals surface area contributed by atoms with Crippen molar-refractivity contribution in [3.63, 3.8) is 0 Å². The summed E-state index contributed by atoms with van der Waals surface area (Å²) in [6.07, 6.45) is 0. The smallest absolute Gasteiger partial charge is 0.157 e. The normalized spacial score (nSPS) is 11.4. The molecule has 0 fully saturated rings. The van der Waals surface area contributed by atoms with Gasteiger partial charge in [-0.25, -0.2) is 15.0 Å². The molecule has 2 aromatic carbocycles. The average molecular weight is 327 g/mol. The maximum Gasteiger partial charge on any atom is 0.157 e. The fourth-order valence-corrected chi connectivity index (χ4v) is 2.91. The van der Waals surface area contributed by atoms with E-state index in [0.717, 1.165) is 22.1 Å². The molecule has 6 nitrogen and oxygen atoms in total. The third kappa shape index (κ3) is 2.31. The predicted molar refractivity (Wildman–Crippen MR) is 96.1 cm³/mol. The quantitative estimate of drug-likeness (QED) is 0.459. The van der Waals surface area contributed by atoms with E-state index in [4.69, 9.17) is 0 Å². The number of fused-ring (bicyclic) bond motifs is 2. The summed E-state index contributed by atoms with van der Waals surface area (Å²) in [4.78, 5) is 20.2. The van der Waals surface area contributed by atoms with Crippen molar-refractivity contribution >= 4 is 22.1 Å². The molecule has 0 aliphatic carbocycles. The van der Waals surface area contributed by atoms with Crippen LogP contribution in [-0.2, 0) is 0 Å². The maximum atomic E-state index is 10.1. The molecule has 0 aliphatic heterocycles. The van der Waals surface area contributed by atoms with Crippen molar-refractivity contribution in [3.8, 4) is 28.8 Å². The largest absolute Gasteiger partial charge is 0.508 e. The number of H-pyrrole nitrogens is 2. The zero-order valence-electron chi connectivity index (χ0n) is 13.1. The highest BCUT2D eigenvalue weighted by Gasteiger charge is 2.13. The van der Waals surface area contributed by atoms with Crippen LogP contribution in [0.4, 0.5) is 0 Å². The molecule has 0 spiro atoms. The topological polar surface area (TPSA) is 90.5 Å². The number of nitrogens with one attached hydrogen (secondary N) is 2. The molecule has 3 heterocycles. The molecule has 0 aliphatic rings. The minimum atomic E-state index is 0.112. The monoisotopic (exact) mass is 327 g/mol. The number of imidazole rings is 2. The van der Waals surface area contributed by atoms with E-state index in [1.807, 2.05) is 48.5 Å². The van der Waals surface area contributed by atoms with Gasteiger partial charge in [0.25, 0.3) is 0 Å². The summed E-state index contributed by atoms with van der Waals surface area (Å²) in [6, 6.07) is 18.7. The Kier molecular flexibility index (Phi) is 2.84. The molecule has 0 atom stereocenters. The number of aromatic nitrogens is 5. The van der Waals surface area contributed by atoms with Crippen LogP contribution in [0, 0.1) is 0 Å². The standard InChI is InChI=1S/C19H13N5O/c25-11-9-16(18-21-12-5-1-2-6-13(12)22-18)20-17(10-11)19-23-14-7-3-4-8-15(14)24-19/h1-10H,(H,20,25)(H,21,22)(H,23,24). The van der Waals surface area contributed by atoms with E-state index in [1.54, 1.807) is 12.1 Å². The first-order valence-corrected chi connectivity index (χ1v) is 7.87. The van der Waals surface area contributed by atoms with Crippen molar-refractivity contribution in [1.29, 1.82) is 0 Å². The lowest BCUT2D eigenvalue weighted by Crippen LogP contribution is -1.91. The van der Waals surface area contributed by atoms with Crippen LogP contribution in [0.15, 0.2) is 60.7 Å². The van der Waals surface area contributed by atoms with Gasteiger partial charge in [0.05, 0.1) is 22.1 Å². The molecule has 0 saturated heterocycles. The third-order valence-corrected chi connectivity index (χ3v) is 4.07. The Hall–Kier alpha value is -3.67. The van der Waals surface area contributed by atoms with E-state index in [1.165, 1.54) is 0 Å². The van der Waals surface area contributed by atoms with Crippen LogP contribution in [0.25, 0.3) is 45.1 Å². The first-order chi connectivity index (χ1) is 12.3. The zero-order valence-corrected chi connectivity index (χ0v) is 13.1. The number of hydrogen-bond donors (Lipinski definition) is 3. The number of hydrogen-bond acceptors (Lipinski definition) is 4. The highest BCUT2D eigenvalue weighted by atomic mass is 16.3. The van der Waals surface area contributed by atoms with E-state index in [2.05, 4.69) is 24.9 Å². The molecular formula is C19H13N5O. The Bertz CT molecular complexity index is 1060. The molecule has 5 rings (SSSR count). The number of nitrogens with zero attached hydrogens (tertiary/aromatic N) is 3. The molecule has 3 aromatic heterocycles. The Morgan fingerprint density at radius 2 is 1.12 bits per heavy atom. The maximum absolute atomic E-state index is 10.1. The van der Waals surface area contributed by atoms with Crippen LogP contribution in [-0.4, -0.2) is 30.0 Å². The number of rotatable bonds is 2. The Labute approximate surface area is 142 Å². The van der Waals surface area contributed by atoms with E-state index >= 15 is 0 Å². The Morgan fingerprint density at radius 1 is 0.640 bits per heavy atom. The molecule has 0 unspecified atom stereocenters. The second-order valence-electron chi connectivity index (χ2n) is 5.80. The molecular weight excluding hydrogens is 314 g/mol. The highest BCUT2D eigenvalue weighted by Crippen LogP contribution is 2.27. The summed E-state index contributed by atoms with van der Waals surface area (Å²) in [5, 5.41) is 10.1. The van der Waals surface area contributed by atoms with Gasteiger partial charge in [0.15, 0.2) is 11.6 Å². The van der Waals surface area contributed by atoms with Crippen LogP contribution in [0.2, 0.25) is 0 Å². The number of para-hydroxylation sites is 4. The fraction of sp³-hybridized carbons (Fsp3) is 0. The third-order valence-electron chi connectivity index (χ3n) is 4.07. The van der Waals surface area contributed by atoms with Gasteiger partial charge in [-0.05, 0) is 24.3 Å². The highest BCUT2D eigenvalue weighted by molar-refractivity contribution is 5.80. The Morgan fingerprint density at radius 3 is 1.60 bits per heavy atom. The van der Waals surface area contributed by atoms with Gasteiger partial charge in [-0.1, -0.05) is 24.3 Å². The number of pyridine rings is 1. The number of benzene rings is 2. The van der Waals surface area contributed by atoms with Crippen molar-refractivity contribution in [2.45, 2.75) is 0 Å². The van der Waals surface area contributed by atoms with Gasteiger partial charge < -0.3 is 15.1 Å². The summed E-state index contributed by atoms with van der Waals surface area (Å²) in [5.74, 6) is 1.32. The van der Waals surface area contributed by atoms with Crippen LogP contribution >= 0.6 is 0 Å². The molecule has 120 valence electrons. The molecule has 0 saturated carbocycles. The van der Waals surface area contributed by atoms with Crippen LogP contribution in [0.1, 0.15) is 0 Å². The molecule has 5 aromatic rings. The van der Waals surface area contributed by atoms with Crippen LogP contribution in [0.3, 0.4) is 0 Å². The lowest BCUT2D eigenvalue weighted by Gasteiger charge is -2.02. The number of aromatic hydroxyl groups is 1. The lowest BCUT2D eigenvalue weighted by molar-refractivity contribution is 0.475. The van der Waals surface area contributed by atoms with Gasteiger partial charge in [0, 0.05) is 12.1 Å². The predicted octanol–water partition coefficient (Wildman–Crippen LogP) is 3.87. The van der Waals surface area contributed by atoms with E-state index in [9.17, 15) is 5.11 Å². The summed E-state index contributed by atoms with van der Waals surface area (Å²) < 4.78 is 0. The summed E-state index contributed by atoms with van der Waals surface area (Å²) in [7, 11) is 0. The van der Waals surface area contributed by atoms with Crippen molar-refractivity contribution < 1.29 is 5.11 Å². The van der Waals surface area contributed by atoms with Crippen molar-refractivity contribution in [1.82, 2.24) is 24.9 Å². The van der Waals surface area contributed by atoms with Crippen molar-refractivity contribution in [2.24, 2.45) is 0 Å². The van der Waals surface area contributed by atoms with Crippen molar-refractivity contribution in [3.05, 3.63) is 60.7 Å². The van der Waals surface area contributed by atoms with E-state index in [-0.39, 0.29) is 5.75 Å². The summed E-state index contributed by atoms with van der Waals surface area (Å²) >= 11 is 0. The van der Waals surface area contributed by atoms with Crippen LogP contribution in [0.5, 0.6) is 5.75 Å². The van der Waals surface area contributed by atoms with E-state index in [0.29, 0.717) is 23.0 Å². The molecule has 0 radical (unpaired) electrons. The van der Waals surface area contributed by atoms with Crippen LogP contribution < -0.4 is 0 Å². The second-order valence-corrected chi connectivity index (χ2v) is 5.80. The molecule has 3 N–H and O–H groups in total. The first kappa shape index (κ1) is 13.7. The van der Waals surface area contributed by atoms with Gasteiger partial charge in [-0.2, -0.15) is 0 Å². The number of aromatic amines is 2. The second kappa shape index (κ2) is 5.17. The molecule has 0 bridgehead atoms. The van der Waals surface area contributed by atoms with Gasteiger partial charge in [-0.15, -0.1) is 0 Å². The minimum Gasteiger partial charge on any atom is -0.508 e. The molecule has 25 heavy (non-hydrogen) atoms. The fourth-order valence-electron chi connectivity index (χ4n) is 2.91. The first-order valence-electron chi connectivity index (χ1n) is 7.87. The molecule has 0 amide bonds. The van der Waals surface area contributed by atoms with Gasteiger partial charge >= 0.3 is 0 Å². The Balaban J connectivity index is 1.66. The SMILES string of the molecule is Oc1cc(-c2nc3ccccc3[nH]2)nc(-c2nc3ccccc3[nH]2)c1. The summed E-state index contributed by atoms with van der Waals surface area (Å²) in [6.45, 7) is 0. The minimum absolute atomic E-state index is 0.112. The summed E-state index contributed by atoms with van der Waals surface area (Å²) in [5.41, 5.74) is 4.68.